The highest BCUT2D eigenvalue weighted by Crippen LogP contribution is 2.37. The largest absolute Gasteiger partial charge is 0.489 e. The molecule has 0 spiro atoms. The molecule has 0 bridgehead atoms. The zero-order chi connectivity index (χ0) is 11.2. The average Bonchev–Trinajstić information content (AvgIpc) is 2.41. The number of primary sulfonamides is 1. The lowest BCUT2D eigenvalue weighted by Crippen LogP contribution is -2.14. The van der Waals surface area contributed by atoms with Gasteiger partial charge in [-0.25, -0.2) is 13.6 Å². The fourth-order valence-corrected chi connectivity index (χ4v) is 3.06. The standard InChI is InChI=1S/C9H10BrNO3S/c1-5-2-6-3-7(10)4-8(9(6)14-5)15(11,12)13/h3-5H,2H2,1H3,(H2,11,12,13). The van der Waals surface area contributed by atoms with Crippen LogP contribution in [0.3, 0.4) is 0 Å². The van der Waals surface area contributed by atoms with Crippen LogP contribution in [0.5, 0.6) is 5.75 Å². The van der Waals surface area contributed by atoms with E-state index in [4.69, 9.17) is 9.88 Å². The second-order valence-corrected chi connectivity index (χ2v) is 6.02. The van der Waals surface area contributed by atoms with Gasteiger partial charge in [0.2, 0.25) is 10.0 Å². The molecule has 0 amide bonds. The lowest BCUT2D eigenvalue weighted by atomic mass is 10.1. The Balaban J connectivity index is 2.68. The summed E-state index contributed by atoms with van der Waals surface area (Å²) in [4.78, 5) is 0.0521. The van der Waals surface area contributed by atoms with Gasteiger partial charge in [0.1, 0.15) is 16.7 Å². The molecule has 6 heteroatoms. The average molecular weight is 292 g/mol. The number of hydrogen-bond donors (Lipinski definition) is 1. The Morgan fingerprint density at radius 3 is 2.80 bits per heavy atom. The molecule has 0 saturated carbocycles. The molecule has 1 heterocycles. The number of rotatable bonds is 1. The quantitative estimate of drug-likeness (QED) is 0.851. The zero-order valence-corrected chi connectivity index (χ0v) is 10.4. The maximum Gasteiger partial charge on any atom is 0.241 e. The first kappa shape index (κ1) is 10.9. The highest BCUT2D eigenvalue weighted by atomic mass is 79.9. The molecule has 1 unspecified atom stereocenters. The number of hydrogen-bond acceptors (Lipinski definition) is 3. The van der Waals surface area contributed by atoms with Gasteiger partial charge in [0.15, 0.2) is 0 Å². The van der Waals surface area contributed by atoms with Crippen LogP contribution in [0.25, 0.3) is 0 Å². The Morgan fingerprint density at radius 1 is 1.53 bits per heavy atom. The summed E-state index contributed by atoms with van der Waals surface area (Å²) in [5.74, 6) is 0.396. The minimum absolute atomic E-state index is 0.00481. The number of halogens is 1. The zero-order valence-electron chi connectivity index (χ0n) is 8.03. The summed E-state index contributed by atoms with van der Waals surface area (Å²) in [6, 6.07) is 3.32. The Hall–Kier alpha value is -0.590. The lowest BCUT2D eigenvalue weighted by molar-refractivity contribution is 0.249. The summed E-state index contributed by atoms with van der Waals surface area (Å²) in [6.45, 7) is 1.89. The summed E-state index contributed by atoms with van der Waals surface area (Å²) >= 11 is 3.25. The summed E-state index contributed by atoms with van der Waals surface area (Å²) < 4.78 is 28.8. The van der Waals surface area contributed by atoms with Crippen LogP contribution in [-0.2, 0) is 16.4 Å². The molecule has 4 nitrogen and oxygen atoms in total. The molecule has 1 aromatic rings. The van der Waals surface area contributed by atoms with Crippen LogP contribution in [0, 0.1) is 0 Å². The van der Waals surface area contributed by atoms with Crippen molar-refractivity contribution in [3.63, 3.8) is 0 Å². The molecule has 0 aliphatic carbocycles. The molecule has 2 rings (SSSR count). The molecular formula is C9H10BrNO3S. The van der Waals surface area contributed by atoms with Crippen LogP contribution in [0.2, 0.25) is 0 Å². The van der Waals surface area contributed by atoms with Gasteiger partial charge in [0.25, 0.3) is 0 Å². The van der Waals surface area contributed by atoms with Gasteiger partial charge in [-0.15, -0.1) is 0 Å². The minimum Gasteiger partial charge on any atom is -0.489 e. The third-order valence-electron chi connectivity index (χ3n) is 2.23. The van der Waals surface area contributed by atoms with E-state index in [9.17, 15) is 8.42 Å². The van der Waals surface area contributed by atoms with Crippen LogP contribution in [0.4, 0.5) is 0 Å². The normalized spacial score (nSPS) is 19.8. The van der Waals surface area contributed by atoms with Crippen molar-refractivity contribution >= 4 is 26.0 Å². The van der Waals surface area contributed by atoms with Gasteiger partial charge < -0.3 is 4.74 Å². The molecule has 0 radical (unpaired) electrons. The highest BCUT2D eigenvalue weighted by Gasteiger charge is 2.27. The lowest BCUT2D eigenvalue weighted by Gasteiger charge is -2.07. The number of ether oxygens (including phenoxy) is 1. The Morgan fingerprint density at radius 2 is 2.20 bits per heavy atom. The maximum absolute atomic E-state index is 11.3. The fraction of sp³-hybridized carbons (Fsp3) is 0.333. The maximum atomic E-state index is 11.3. The predicted molar refractivity (Wildman–Crippen MR) is 59.3 cm³/mol. The number of nitrogens with two attached hydrogens (primary N) is 1. The number of sulfonamides is 1. The molecule has 2 N–H and O–H groups in total. The first-order chi connectivity index (χ1) is 6.88. The van der Waals surface area contributed by atoms with Gasteiger partial charge >= 0.3 is 0 Å². The summed E-state index contributed by atoms with van der Waals surface area (Å²) in [5.41, 5.74) is 0.876. The Bertz CT molecular complexity index is 512. The molecular weight excluding hydrogens is 282 g/mol. The van der Waals surface area contributed by atoms with E-state index in [2.05, 4.69) is 15.9 Å². The molecule has 0 saturated heterocycles. The second kappa shape index (κ2) is 3.47. The van der Waals surface area contributed by atoms with Crippen molar-refractivity contribution in [1.29, 1.82) is 0 Å². The summed E-state index contributed by atoms with van der Waals surface area (Å²) in [7, 11) is -3.73. The summed E-state index contributed by atoms with van der Waals surface area (Å²) in [5, 5.41) is 5.12. The molecule has 1 aromatic carbocycles. The first-order valence-corrected chi connectivity index (χ1v) is 6.74. The molecule has 1 atom stereocenters. The predicted octanol–water partition coefficient (Wildman–Crippen LogP) is 1.42. The van der Waals surface area contributed by atoms with Crippen molar-refractivity contribution in [1.82, 2.24) is 0 Å². The van der Waals surface area contributed by atoms with Gasteiger partial charge in [0, 0.05) is 16.5 Å². The van der Waals surface area contributed by atoms with E-state index < -0.39 is 10.0 Å². The van der Waals surface area contributed by atoms with Crippen LogP contribution in [0.15, 0.2) is 21.5 Å². The number of benzene rings is 1. The van der Waals surface area contributed by atoms with Crippen molar-refractivity contribution in [3.8, 4) is 5.75 Å². The molecule has 1 aliphatic heterocycles. The van der Waals surface area contributed by atoms with Crippen molar-refractivity contribution in [2.24, 2.45) is 5.14 Å². The first-order valence-electron chi connectivity index (χ1n) is 4.40. The summed E-state index contributed by atoms with van der Waals surface area (Å²) in [6.07, 6.45) is 0.701. The van der Waals surface area contributed by atoms with Crippen molar-refractivity contribution in [3.05, 3.63) is 22.2 Å². The highest BCUT2D eigenvalue weighted by molar-refractivity contribution is 9.10. The third kappa shape index (κ3) is 2.02. The molecule has 82 valence electrons. The minimum atomic E-state index is -3.73. The van der Waals surface area contributed by atoms with Gasteiger partial charge in [-0.05, 0) is 19.1 Å². The van der Waals surface area contributed by atoms with Gasteiger partial charge in [0.05, 0.1) is 0 Å². The van der Waals surface area contributed by atoms with Crippen molar-refractivity contribution in [2.45, 2.75) is 24.3 Å². The number of fused-ring (bicyclic) bond motifs is 1. The van der Waals surface area contributed by atoms with E-state index >= 15 is 0 Å². The van der Waals surface area contributed by atoms with E-state index in [1.807, 2.05) is 13.0 Å². The van der Waals surface area contributed by atoms with E-state index in [0.29, 0.717) is 16.6 Å². The van der Waals surface area contributed by atoms with Gasteiger partial charge in [-0.1, -0.05) is 15.9 Å². The SMILES string of the molecule is CC1Cc2cc(Br)cc(S(N)(=O)=O)c2O1. The van der Waals surface area contributed by atoms with Crippen LogP contribution < -0.4 is 9.88 Å². The third-order valence-corrected chi connectivity index (χ3v) is 3.60. The fourth-order valence-electron chi connectivity index (χ4n) is 1.67. The van der Waals surface area contributed by atoms with E-state index in [1.54, 1.807) is 0 Å². The molecule has 0 aromatic heterocycles. The van der Waals surface area contributed by atoms with Crippen LogP contribution in [-0.4, -0.2) is 14.5 Å². The Kier molecular flexibility index (Phi) is 2.52. The van der Waals surface area contributed by atoms with Crippen LogP contribution in [0.1, 0.15) is 12.5 Å². The van der Waals surface area contributed by atoms with Crippen LogP contribution >= 0.6 is 15.9 Å². The molecule has 15 heavy (non-hydrogen) atoms. The van der Waals surface area contributed by atoms with Crippen molar-refractivity contribution in [2.75, 3.05) is 0 Å². The van der Waals surface area contributed by atoms with E-state index in [-0.39, 0.29) is 11.0 Å². The van der Waals surface area contributed by atoms with Gasteiger partial charge in [-0.2, -0.15) is 0 Å². The van der Waals surface area contributed by atoms with Gasteiger partial charge in [-0.3, -0.25) is 0 Å². The van der Waals surface area contributed by atoms with E-state index in [1.165, 1.54) is 6.07 Å². The topological polar surface area (TPSA) is 69.4 Å². The van der Waals surface area contributed by atoms with E-state index in [0.717, 1.165) is 5.56 Å². The molecule has 1 aliphatic rings. The van der Waals surface area contributed by atoms with Crippen molar-refractivity contribution < 1.29 is 13.2 Å². The monoisotopic (exact) mass is 291 g/mol. The molecule has 0 fully saturated rings. The smallest absolute Gasteiger partial charge is 0.241 e. The Labute approximate surface area is 96.6 Å². The second-order valence-electron chi connectivity index (χ2n) is 3.57.